The van der Waals surface area contributed by atoms with Crippen molar-refractivity contribution in [1.82, 2.24) is 5.32 Å². The van der Waals surface area contributed by atoms with E-state index >= 15 is 0 Å². The first-order chi connectivity index (χ1) is 8.42. The van der Waals surface area contributed by atoms with Crippen molar-refractivity contribution in [2.75, 3.05) is 12.4 Å². The molecule has 0 aliphatic carbocycles. The van der Waals surface area contributed by atoms with Crippen LogP contribution in [0.15, 0.2) is 30.3 Å². The van der Waals surface area contributed by atoms with Crippen LogP contribution in [0.25, 0.3) is 0 Å². The van der Waals surface area contributed by atoms with Gasteiger partial charge < -0.3 is 10.4 Å². The lowest BCUT2D eigenvalue weighted by Gasteiger charge is -2.20. The second-order valence-electron chi connectivity index (χ2n) is 5.11. The highest BCUT2D eigenvalue weighted by atomic mass is 32.2. The minimum atomic E-state index is -0.320. The monoisotopic (exact) mass is 267 g/mol. The summed E-state index contributed by atoms with van der Waals surface area (Å²) in [7, 11) is 0. The minimum absolute atomic E-state index is 0.0437. The molecular weight excluding hydrogens is 246 g/mol. The smallest absolute Gasteiger partial charge is 0.230 e. The molecule has 0 heterocycles. The molecule has 0 saturated heterocycles. The lowest BCUT2D eigenvalue weighted by Crippen LogP contribution is -2.33. The predicted octanol–water partition coefficient (Wildman–Crippen LogP) is 2.37. The molecule has 0 aliphatic heterocycles. The maximum absolute atomic E-state index is 11.8. The van der Waals surface area contributed by atoms with E-state index in [1.807, 2.05) is 30.3 Å². The molecule has 1 aromatic rings. The summed E-state index contributed by atoms with van der Waals surface area (Å²) in [6.45, 7) is 6.14. The van der Waals surface area contributed by atoms with Crippen LogP contribution in [0.1, 0.15) is 32.4 Å². The number of thioether (sulfide) groups is 1. The second kappa shape index (κ2) is 6.81. The number of aliphatic hydroxyl groups is 1. The first-order valence-electron chi connectivity index (χ1n) is 6.01. The molecule has 1 aromatic carbocycles. The number of benzene rings is 1. The fourth-order valence-corrected chi connectivity index (χ4v) is 2.09. The topological polar surface area (TPSA) is 49.3 Å². The fraction of sp³-hybridized carbons (Fsp3) is 0.500. The van der Waals surface area contributed by atoms with Gasteiger partial charge in [0.05, 0.1) is 18.4 Å². The Morgan fingerprint density at radius 2 is 1.94 bits per heavy atom. The molecule has 1 amide bonds. The number of hydrogen-bond donors (Lipinski definition) is 2. The summed E-state index contributed by atoms with van der Waals surface area (Å²) in [5, 5.41) is 12.2. The van der Waals surface area contributed by atoms with Gasteiger partial charge in [0.2, 0.25) is 5.91 Å². The van der Waals surface area contributed by atoms with Crippen molar-refractivity contribution in [3.05, 3.63) is 35.9 Å². The van der Waals surface area contributed by atoms with Gasteiger partial charge in [-0.3, -0.25) is 4.79 Å². The van der Waals surface area contributed by atoms with Gasteiger partial charge in [-0.15, -0.1) is 11.8 Å². The number of carbonyl (C=O) groups is 1. The number of hydrogen-bond acceptors (Lipinski definition) is 3. The largest absolute Gasteiger partial charge is 0.394 e. The van der Waals surface area contributed by atoms with Gasteiger partial charge in [-0.1, -0.05) is 51.1 Å². The average Bonchev–Trinajstić information content (AvgIpc) is 2.33. The van der Waals surface area contributed by atoms with Crippen molar-refractivity contribution in [3.8, 4) is 0 Å². The van der Waals surface area contributed by atoms with Gasteiger partial charge in [0.1, 0.15) is 0 Å². The van der Waals surface area contributed by atoms with Crippen LogP contribution in [0, 0.1) is 0 Å². The highest BCUT2D eigenvalue weighted by molar-refractivity contribution is 8.01. The van der Waals surface area contributed by atoms with Crippen LogP contribution in [0.4, 0.5) is 0 Å². The van der Waals surface area contributed by atoms with Crippen LogP contribution >= 0.6 is 11.8 Å². The highest BCUT2D eigenvalue weighted by Crippen LogP contribution is 2.22. The Morgan fingerprint density at radius 3 is 2.44 bits per heavy atom. The molecule has 0 unspecified atom stereocenters. The van der Waals surface area contributed by atoms with Crippen molar-refractivity contribution in [1.29, 1.82) is 0 Å². The number of carbonyl (C=O) groups excluding carboxylic acids is 1. The lowest BCUT2D eigenvalue weighted by molar-refractivity contribution is -0.119. The summed E-state index contributed by atoms with van der Waals surface area (Å²) in [5.74, 6) is 0.366. The van der Waals surface area contributed by atoms with E-state index in [0.29, 0.717) is 5.75 Å². The van der Waals surface area contributed by atoms with E-state index in [4.69, 9.17) is 0 Å². The van der Waals surface area contributed by atoms with E-state index in [1.165, 1.54) is 0 Å². The van der Waals surface area contributed by atoms with E-state index in [2.05, 4.69) is 26.1 Å². The third-order valence-corrected chi connectivity index (χ3v) is 3.63. The van der Waals surface area contributed by atoms with Crippen molar-refractivity contribution < 1.29 is 9.90 Å². The molecule has 0 spiro atoms. The summed E-state index contributed by atoms with van der Waals surface area (Å²) >= 11 is 1.60. The first-order valence-corrected chi connectivity index (χ1v) is 7.00. The van der Waals surface area contributed by atoms with E-state index < -0.39 is 0 Å². The van der Waals surface area contributed by atoms with Crippen LogP contribution in [0.5, 0.6) is 0 Å². The van der Waals surface area contributed by atoms with Crippen LogP contribution in [0.3, 0.4) is 0 Å². The molecule has 0 radical (unpaired) electrons. The zero-order chi connectivity index (χ0) is 13.6. The molecule has 4 heteroatoms. The second-order valence-corrected chi connectivity index (χ2v) is 6.92. The van der Waals surface area contributed by atoms with Crippen LogP contribution in [-0.4, -0.2) is 28.1 Å². The highest BCUT2D eigenvalue weighted by Gasteiger charge is 2.16. The van der Waals surface area contributed by atoms with Crippen LogP contribution in [0.2, 0.25) is 0 Å². The van der Waals surface area contributed by atoms with E-state index in [-0.39, 0.29) is 23.3 Å². The Balaban J connectivity index is 2.51. The average molecular weight is 267 g/mol. The number of nitrogens with one attached hydrogen (secondary N) is 1. The zero-order valence-electron chi connectivity index (χ0n) is 11.1. The molecule has 0 saturated carbocycles. The summed E-state index contributed by atoms with van der Waals surface area (Å²) in [5.41, 5.74) is 0.925. The normalized spacial score (nSPS) is 13.1. The maximum Gasteiger partial charge on any atom is 0.230 e. The third kappa shape index (κ3) is 5.56. The molecule has 0 aliphatic rings. The number of aliphatic hydroxyl groups excluding tert-OH is 1. The van der Waals surface area contributed by atoms with Gasteiger partial charge >= 0.3 is 0 Å². The molecule has 0 fully saturated rings. The third-order valence-electron chi connectivity index (χ3n) is 2.36. The SMILES string of the molecule is CC(C)(C)SCC(=O)N[C@H](CO)c1ccccc1. The van der Waals surface area contributed by atoms with Gasteiger partial charge in [-0.05, 0) is 5.56 Å². The molecule has 18 heavy (non-hydrogen) atoms. The van der Waals surface area contributed by atoms with Gasteiger partial charge in [0, 0.05) is 4.75 Å². The Morgan fingerprint density at radius 1 is 1.33 bits per heavy atom. The quantitative estimate of drug-likeness (QED) is 0.861. The van der Waals surface area contributed by atoms with Crippen LogP contribution in [-0.2, 0) is 4.79 Å². The molecule has 2 N–H and O–H groups in total. The fourth-order valence-electron chi connectivity index (χ4n) is 1.44. The molecule has 0 bridgehead atoms. The van der Waals surface area contributed by atoms with Crippen LogP contribution < -0.4 is 5.32 Å². The van der Waals surface area contributed by atoms with E-state index in [0.717, 1.165) is 5.56 Å². The van der Waals surface area contributed by atoms with Crippen molar-refractivity contribution >= 4 is 17.7 Å². The Bertz CT molecular complexity index is 373. The van der Waals surface area contributed by atoms with E-state index in [1.54, 1.807) is 11.8 Å². The number of amides is 1. The van der Waals surface area contributed by atoms with Crippen molar-refractivity contribution in [3.63, 3.8) is 0 Å². The van der Waals surface area contributed by atoms with Gasteiger partial charge in [0.15, 0.2) is 0 Å². The molecule has 1 atom stereocenters. The Kier molecular flexibility index (Phi) is 5.69. The molecule has 3 nitrogen and oxygen atoms in total. The van der Waals surface area contributed by atoms with E-state index in [9.17, 15) is 9.90 Å². The Hall–Kier alpha value is -1.00. The minimum Gasteiger partial charge on any atom is -0.394 e. The zero-order valence-corrected chi connectivity index (χ0v) is 12.0. The summed E-state index contributed by atoms with van der Waals surface area (Å²) < 4.78 is 0.0683. The maximum atomic E-state index is 11.8. The van der Waals surface area contributed by atoms with Crippen molar-refractivity contribution in [2.45, 2.75) is 31.6 Å². The standard InChI is InChI=1S/C14H21NO2S/c1-14(2,3)18-10-13(17)15-12(9-16)11-7-5-4-6-8-11/h4-8,12,16H,9-10H2,1-3H3,(H,15,17)/t12-/m1/s1. The molecular formula is C14H21NO2S. The molecule has 0 aromatic heterocycles. The predicted molar refractivity (Wildman–Crippen MR) is 76.6 cm³/mol. The van der Waals surface area contributed by atoms with Crippen molar-refractivity contribution in [2.24, 2.45) is 0 Å². The molecule has 1 rings (SSSR count). The summed E-state index contributed by atoms with van der Waals surface area (Å²) in [4.78, 5) is 11.8. The first kappa shape index (κ1) is 15.1. The number of rotatable bonds is 5. The Labute approximate surface area is 113 Å². The lowest BCUT2D eigenvalue weighted by atomic mass is 10.1. The van der Waals surface area contributed by atoms with Gasteiger partial charge in [-0.2, -0.15) is 0 Å². The summed E-state index contributed by atoms with van der Waals surface area (Å²) in [6, 6.07) is 9.19. The molecule has 100 valence electrons. The van der Waals surface area contributed by atoms with Gasteiger partial charge in [-0.25, -0.2) is 0 Å². The van der Waals surface area contributed by atoms with Gasteiger partial charge in [0.25, 0.3) is 0 Å². The summed E-state index contributed by atoms with van der Waals surface area (Å²) in [6.07, 6.45) is 0.